The van der Waals surface area contributed by atoms with Crippen molar-refractivity contribution in [2.24, 2.45) is 0 Å². The molecule has 0 aromatic heterocycles. The van der Waals surface area contributed by atoms with Crippen LogP contribution in [0, 0.1) is 0 Å². The van der Waals surface area contributed by atoms with Crippen LogP contribution < -0.4 is 4.18 Å². The SMILES string of the molecule is O=C(O)c1ccccc1OS(=O)(=O)O.[BiH3]. The van der Waals surface area contributed by atoms with E-state index in [1.54, 1.807) is 0 Å². The second kappa shape index (κ2) is 5.39. The number of hydrogen-bond donors (Lipinski definition) is 2. The van der Waals surface area contributed by atoms with Crippen molar-refractivity contribution in [3.05, 3.63) is 29.8 Å². The monoisotopic (exact) mass is 430 g/mol. The van der Waals surface area contributed by atoms with Crippen LogP contribution in [0.15, 0.2) is 24.3 Å². The molecular weight excluding hydrogens is 421 g/mol. The Kier molecular flexibility index (Phi) is 5.13. The summed E-state index contributed by atoms with van der Waals surface area (Å²) in [4.78, 5) is 10.6. The zero-order chi connectivity index (χ0) is 10.8. The Hall–Kier alpha value is -0.717. The molecule has 0 saturated heterocycles. The molecule has 1 rings (SSSR count). The summed E-state index contributed by atoms with van der Waals surface area (Å²) in [5, 5.41) is 8.61. The molecule has 1 aromatic carbocycles. The third-order valence-electron chi connectivity index (χ3n) is 1.31. The molecule has 0 radical (unpaired) electrons. The van der Waals surface area contributed by atoms with Gasteiger partial charge in [-0.25, -0.2) is 4.79 Å². The van der Waals surface area contributed by atoms with Crippen molar-refractivity contribution in [1.82, 2.24) is 0 Å². The molecule has 0 saturated carbocycles. The van der Waals surface area contributed by atoms with Gasteiger partial charge < -0.3 is 9.29 Å². The Morgan fingerprint density at radius 3 is 2.27 bits per heavy atom. The second-order valence-electron chi connectivity index (χ2n) is 2.31. The van der Waals surface area contributed by atoms with Crippen LogP contribution in [-0.4, -0.2) is 50.2 Å². The van der Waals surface area contributed by atoms with Crippen LogP contribution in [0.2, 0.25) is 0 Å². The Balaban J connectivity index is 0.00000196. The van der Waals surface area contributed by atoms with Crippen LogP contribution in [-0.2, 0) is 10.4 Å². The topological polar surface area (TPSA) is 101 Å². The molecule has 84 valence electrons. The van der Waals surface area contributed by atoms with E-state index in [0.29, 0.717) is 0 Å². The van der Waals surface area contributed by atoms with Gasteiger partial charge in [-0.3, -0.25) is 4.55 Å². The molecule has 0 heterocycles. The molecule has 0 aliphatic heterocycles. The Bertz CT molecular complexity index is 454. The van der Waals surface area contributed by atoms with Crippen molar-refractivity contribution in [3.63, 3.8) is 0 Å². The molecule has 8 heteroatoms. The number of benzene rings is 1. The number of hydrogen-bond acceptors (Lipinski definition) is 4. The second-order valence-corrected chi connectivity index (χ2v) is 3.33. The van der Waals surface area contributed by atoms with Gasteiger partial charge in [-0.05, 0) is 12.1 Å². The van der Waals surface area contributed by atoms with Gasteiger partial charge in [0.15, 0.2) is 5.75 Å². The van der Waals surface area contributed by atoms with E-state index < -0.39 is 22.1 Å². The number of carboxylic acid groups (broad SMARTS) is 1. The summed E-state index contributed by atoms with van der Waals surface area (Å²) in [5.74, 6) is -1.77. The first-order chi connectivity index (χ1) is 6.40. The van der Waals surface area contributed by atoms with Crippen molar-refractivity contribution in [1.29, 1.82) is 0 Å². The first-order valence-corrected chi connectivity index (χ1v) is 4.76. The van der Waals surface area contributed by atoms with E-state index >= 15 is 0 Å². The third-order valence-corrected chi connectivity index (χ3v) is 1.70. The van der Waals surface area contributed by atoms with Crippen LogP contribution in [0.25, 0.3) is 0 Å². The molecule has 15 heavy (non-hydrogen) atoms. The summed E-state index contributed by atoms with van der Waals surface area (Å²) in [5.41, 5.74) is -0.342. The van der Waals surface area contributed by atoms with Crippen molar-refractivity contribution in [2.75, 3.05) is 0 Å². The zero-order valence-corrected chi connectivity index (χ0v) is 13.8. The van der Waals surface area contributed by atoms with Crippen LogP contribution in [0.5, 0.6) is 5.75 Å². The summed E-state index contributed by atoms with van der Waals surface area (Å²) in [6.07, 6.45) is 0. The van der Waals surface area contributed by atoms with Gasteiger partial charge in [0.1, 0.15) is 5.56 Å². The molecule has 0 unspecified atom stereocenters. The quantitative estimate of drug-likeness (QED) is 0.490. The minimum absolute atomic E-state index is 0. The summed E-state index contributed by atoms with van der Waals surface area (Å²) >= 11 is 0. The molecule has 0 bridgehead atoms. The Labute approximate surface area is 105 Å². The molecular formula is C7H9BiO6S. The van der Waals surface area contributed by atoms with E-state index in [1.807, 2.05) is 0 Å². The average molecular weight is 430 g/mol. The molecule has 0 atom stereocenters. The fourth-order valence-corrected chi connectivity index (χ4v) is 1.20. The number of carbonyl (C=O) groups is 1. The van der Waals surface area contributed by atoms with Crippen LogP contribution in [0.1, 0.15) is 10.4 Å². The summed E-state index contributed by atoms with van der Waals surface area (Å²) < 4.78 is 33.0. The molecule has 0 aliphatic carbocycles. The van der Waals surface area contributed by atoms with E-state index in [0.717, 1.165) is 12.1 Å². The van der Waals surface area contributed by atoms with Crippen LogP contribution in [0.3, 0.4) is 0 Å². The van der Waals surface area contributed by atoms with Gasteiger partial charge in [0.25, 0.3) is 0 Å². The molecule has 0 aliphatic rings. The van der Waals surface area contributed by atoms with E-state index in [-0.39, 0.29) is 31.8 Å². The van der Waals surface area contributed by atoms with Gasteiger partial charge in [-0.1, -0.05) is 12.1 Å². The minimum atomic E-state index is -4.70. The number of para-hydroxylation sites is 1. The Morgan fingerprint density at radius 1 is 1.27 bits per heavy atom. The third kappa shape index (κ3) is 4.55. The molecule has 0 fully saturated rings. The van der Waals surface area contributed by atoms with Crippen molar-refractivity contribution < 1.29 is 27.1 Å². The molecule has 0 amide bonds. The predicted octanol–water partition coefficient (Wildman–Crippen LogP) is -0.618. The Morgan fingerprint density at radius 2 is 1.80 bits per heavy atom. The van der Waals surface area contributed by atoms with Crippen molar-refractivity contribution >= 4 is 42.6 Å². The van der Waals surface area contributed by atoms with Gasteiger partial charge in [-0.15, -0.1) is 0 Å². The van der Waals surface area contributed by atoms with Gasteiger partial charge in [0.2, 0.25) is 0 Å². The summed E-state index contributed by atoms with van der Waals surface area (Å²) in [6, 6.07) is 5.06. The number of rotatable bonds is 3. The van der Waals surface area contributed by atoms with Crippen molar-refractivity contribution in [2.45, 2.75) is 0 Å². The van der Waals surface area contributed by atoms with Crippen molar-refractivity contribution in [3.8, 4) is 5.75 Å². The fraction of sp³-hybridized carbons (Fsp3) is 0. The molecule has 2 N–H and O–H groups in total. The maximum atomic E-state index is 10.6. The maximum absolute atomic E-state index is 10.6. The van der Waals surface area contributed by atoms with E-state index in [4.69, 9.17) is 9.66 Å². The average Bonchev–Trinajstić information content (AvgIpc) is 2.01. The van der Waals surface area contributed by atoms with Gasteiger partial charge in [0.05, 0.1) is 0 Å². The van der Waals surface area contributed by atoms with Gasteiger partial charge in [0, 0.05) is 0 Å². The first kappa shape index (κ1) is 14.3. The van der Waals surface area contributed by atoms with E-state index in [2.05, 4.69) is 4.18 Å². The number of aromatic carboxylic acids is 1. The summed E-state index contributed by atoms with van der Waals surface area (Å²) in [7, 11) is -4.70. The van der Waals surface area contributed by atoms with E-state index in [1.165, 1.54) is 12.1 Å². The zero-order valence-electron chi connectivity index (χ0n) is 7.45. The van der Waals surface area contributed by atoms with Gasteiger partial charge >= 0.3 is 42.6 Å². The number of carboxylic acids is 1. The first-order valence-electron chi connectivity index (χ1n) is 3.39. The van der Waals surface area contributed by atoms with E-state index in [9.17, 15) is 13.2 Å². The molecule has 6 nitrogen and oxygen atoms in total. The van der Waals surface area contributed by atoms with Crippen LogP contribution in [0.4, 0.5) is 0 Å². The van der Waals surface area contributed by atoms with Gasteiger partial charge in [-0.2, -0.15) is 8.42 Å². The normalized spacial score (nSPS) is 10.2. The molecule has 1 aromatic rings. The predicted molar refractivity (Wildman–Crippen MR) is 55.5 cm³/mol. The van der Waals surface area contributed by atoms with Crippen LogP contribution >= 0.6 is 0 Å². The fourth-order valence-electron chi connectivity index (χ4n) is 0.829. The standard InChI is InChI=1S/C7H6O6S.Bi.3H/c8-7(9)5-3-1-2-4-6(5)13-14(10,11)12;;;;/h1-4H,(H,8,9)(H,10,11,12);;;;. The molecule has 0 spiro atoms. The summed E-state index contributed by atoms with van der Waals surface area (Å²) in [6.45, 7) is 0.